The molecule has 34 heavy (non-hydrogen) atoms. The fourth-order valence-electron chi connectivity index (χ4n) is 2.84. The van der Waals surface area contributed by atoms with E-state index in [1.807, 2.05) is 0 Å². The minimum atomic E-state index is -4.43. The Labute approximate surface area is 192 Å². The summed E-state index contributed by atoms with van der Waals surface area (Å²) in [5.74, 6) is -1.32. The molecule has 0 aromatic heterocycles. The molecule has 178 valence electrons. The number of hydrogen-bond donors (Lipinski definition) is 2. The van der Waals surface area contributed by atoms with Crippen molar-refractivity contribution in [3.05, 3.63) is 89.7 Å². The van der Waals surface area contributed by atoms with Crippen LogP contribution in [0.4, 0.5) is 23.2 Å². The second-order valence-corrected chi connectivity index (χ2v) is 6.94. The Morgan fingerprint density at radius 3 is 2.24 bits per heavy atom. The zero-order valence-corrected chi connectivity index (χ0v) is 17.7. The van der Waals surface area contributed by atoms with E-state index in [-0.39, 0.29) is 35.9 Å². The van der Waals surface area contributed by atoms with Gasteiger partial charge in [0.15, 0.2) is 6.61 Å². The van der Waals surface area contributed by atoms with Crippen LogP contribution >= 0.6 is 0 Å². The highest BCUT2D eigenvalue weighted by Gasteiger charge is 2.30. The molecule has 0 saturated heterocycles. The minimum absolute atomic E-state index is 0.00942. The molecule has 0 fully saturated rings. The molecule has 0 saturated carbocycles. The van der Waals surface area contributed by atoms with Gasteiger partial charge in [-0.2, -0.15) is 13.2 Å². The number of para-hydroxylation sites is 2. The highest BCUT2D eigenvalue weighted by molar-refractivity contribution is 5.97. The highest BCUT2D eigenvalue weighted by atomic mass is 19.4. The molecular formula is C24H20F4N2O4. The molecule has 0 atom stereocenters. The van der Waals surface area contributed by atoms with Gasteiger partial charge in [0, 0.05) is 0 Å². The molecule has 0 aliphatic rings. The molecule has 0 bridgehead atoms. The van der Waals surface area contributed by atoms with E-state index in [2.05, 4.69) is 10.6 Å². The zero-order chi connectivity index (χ0) is 24.6. The predicted octanol–water partition coefficient (Wildman–Crippen LogP) is 4.67. The lowest BCUT2D eigenvalue weighted by atomic mass is 10.2. The van der Waals surface area contributed by atoms with Gasteiger partial charge in [0.05, 0.1) is 23.4 Å². The summed E-state index contributed by atoms with van der Waals surface area (Å²) in [4.78, 5) is 24.5. The maximum absolute atomic E-state index is 13.6. The molecule has 3 rings (SSSR count). The van der Waals surface area contributed by atoms with Gasteiger partial charge in [0.2, 0.25) is 0 Å². The highest BCUT2D eigenvalue weighted by Crippen LogP contribution is 2.30. The minimum Gasteiger partial charge on any atom is -0.492 e. The van der Waals surface area contributed by atoms with Crippen molar-refractivity contribution in [2.45, 2.75) is 6.18 Å². The van der Waals surface area contributed by atoms with Crippen LogP contribution in [0, 0.1) is 5.82 Å². The summed E-state index contributed by atoms with van der Waals surface area (Å²) in [6, 6.07) is 16.1. The van der Waals surface area contributed by atoms with Gasteiger partial charge < -0.3 is 20.1 Å². The SMILES string of the molecule is O=C(COc1ccccc1C(=O)NCCOc1ccc(C(F)(F)F)cc1)Nc1ccccc1F. The maximum Gasteiger partial charge on any atom is 0.416 e. The second kappa shape index (κ2) is 11.2. The number of halogens is 4. The van der Waals surface area contributed by atoms with Crippen LogP contribution < -0.4 is 20.1 Å². The number of nitrogens with one attached hydrogen (secondary N) is 2. The zero-order valence-electron chi connectivity index (χ0n) is 17.7. The first kappa shape index (κ1) is 24.6. The third kappa shape index (κ3) is 6.96. The maximum atomic E-state index is 13.6. The van der Waals surface area contributed by atoms with Gasteiger partial charge in [-0.15, -0.1) is 0 Å². The molecule has 0 spiro atoms. The number of rotatable bonds is 9. The van der Waals surface area contributed by atoms with Crippen LogP contribution in [0.15, 0.2) is 72.8 Å². The van der Waals surface area contributed by atoms with Gasteiger partial charge in [0.25, 0.3) is 11.8 Å². The quantitative estimate of drug-likeness (QED) is 0.348. The Morgan fingerprint density at radius 1 is 0.853 bits per heavy atom. The van der Waals surface area contributed by atoms with E-state index in [0.29, 0.717) is 0 Å². The summed E-state index contributed by atoms with van der Waals surface area (Å²) in [6.07, 6.45) is -4.43. The Bertz CT molecular complexity index is 1130. The van der Waals surface area contributed by atoms with E-state index >= 15 is 0 Å². The third-order valence-electron chi connectivity index (χ3n) is 4.48. The Balaban J connectivity index is 1.48. The molecule has 2 N–H and O–H groups in total. The number of amides is 2. The Hall–Kier alpha value is -4.08. The van der Waals surface area contributed by atoms with Crippen LogP contribution in [0.5, 0.6) is 11.5 Å². The van der Waals surface area contributed by atoms with Crippen LogP contribution in [0.25, 0.3) is 0 Å². The fraction of sp³-hybridized carbons (Fsp3) is 0.167. The smallest absolute Gasteiger partial charge is 0.416 e. The summed E-state index contributed by atoms with van der Waals surface area (Å²) in [6.45, 7) is -0.358. The molecule has 6 nitrogen and oxygen atoms in total. The lowest BCUT2D eigenvalue weighted by molar-refractivity contribution is -0.137. The van der Waals surface area contributed by atoms with Gasteiger partial charge in [-0.3, -0.25) is 9.59 Å². The van der Waals surface area contributed by atoms with Gasteiger partial charge in [-0.1, -0.05) is 24.3 Å². The third-order valence-corrected chi connectivity index (χ3v) is 4.48. The van der Waals surface area contributed by atoms with Gasteiger partial charge in [-0.25, -0.2) is 4.39 Å². The molecular weight excluding hydrogens is 456 g/mol. The van der Waals surface area contributed by atoms with Crippen molar-refractivity contribution < 1.29 is 36.6 Å². The predicted molar refractivity (Wildman–Crippen MR) is 116 cm³/mol. The summed E-state index contributed by atoms with van der Waals surface area (Å²) in [5.41, 5.74) is -0.613. The molecule has 0 unspecified atom stereocenters. The van der Waals surface area contributed by atoms with E-state index in [9.17, 15) is 27.2 Å². The summed E-state index contributed by atoms with van der Waals surface area (Å²) in [5, 5.41) is 4.99. The van der Waals surface area contributed by atoms with E-state index in [1.54, 1.807) is 18.2 Å². The number of ether oxygens (including phenoxy) is 2. The number of hydrogen-bond acceptors (Lipinski definition) is 4. The first-order valence-electron chi connectivity index (χ1n) is 10.1. The summed E-state index contributed by atoms with van der Waals surface area (Å²) in [7, 11) is 0. The van der Waals surface area contributed by atoms with Gasteiger partial charge in [-0.05, 0) is 48.5 Å². The number of benzene rings is 3. The van der Waals surface area contributed by atoms with Crippen molar-refractivity contribution in [1.29, 1.82) is 0 Å². The van der Waals surface area contributed by atoms with Crippen LogP contribution in [0.3, 0.4) is 0 Å². The van der Waals surface area contributed by atoms with E-state index in [4.69, 9.17) is 9.47 Å². The molecule has 0 aliphatic heterocycles. The number of anilines is 1. The number of carbonyl (C=O) groups is 2. The normalized spacial score (nSPS) is 10.9. The van der Waals surface area contributed by atoms with Crippen molar-refractivity contribution in [2.24, 2.45) is 0 Å². The first-order valence-corrected chi connectivity index (χ1v) is 10.1. The first-order chi connectivity index (χ1) is 16.2. The fourth-order valence-corrected chi connectivity index (χ4v) is 2.84. The largest absolute Gasteiger partial charge is 0.492 e. The van der Waals surface area contributed by atoms with Crippen LogP contribution in [0.1, 0.15) is 15.9 Å². The van der Waals surface area contributed by atoms with Crippen molar-refractivity contribution in [3.8, 4) is 11.5 Å². The van der Waals surface area contributed by atoms with Crippen molar-refractivity contribution >= 4 is 17.5 Å². The summed E-state index contributed by atoms with van der Waals surface area (Å²) >= 11 is 0. The molecule has 0 heterocycles. The number of alkyl halides is 3. The van der Waals surface area contributed by atoms with Gasteiger partial charge in [0.1, 0.15) is 23.9 Å². The molecule has 3 aromatic carbocycles. The van der Waals surface area contributed by atoms with Crippen molar-refractivity contribution in [3.63, 3.8) is 0 Å². The number of carbonyl (C=O) groups excluding carboxylic acids is 2. The van der Waals surface area contributed by atoms with Crippen molar-refractivity contribution in [2.75, 3.05) is 25.1 Å². The average Bonchev–Trinajstić information content (AvgIpc) is 2.82. The molecule has 10 heteroatoms. The van der Waals surface area contributed by atoms with Crippen LogP contribution in [0.2, 0.25) is 0 Å². The lowest BCUT2D eigenvalue weighted by Gasteiger charge is -2.13. The average molecular weight is 476 g/mol. The topological polar surface area (TPSA) is 76.7 Å². The monoisotopic (exact) mass is 476 g/mol. The Kier molecular flexibility index (Phi) is 8.07. The summed E-state index contributed by atoms with van der Waals surface area (Å²) < 4.78 is 62.2. The standard InChI is InChI=1S/C24H20F4N2O4/c25-19-6-2-3-7-20(19)30-22(31)15-34-21-8-4-1-5-18(21)23(32)29-13-14-33-17-11-9-16(10-12-17)24(26,27)28/h1-12H,13-15H2,(H,29,32)(H,30,31). The molecule has 0 aliphatic carbocycles. The van der Waals surface area contributed by atoms with Crippen LogP contribution in [-0.4, -0.2) is 31.6 Å². The van der Waals surface area contributed by atoms with E-state index in [0.717, 1.165) is 12.1 Å². The second-order valence-electron chi connectivity index (χ2n) is 6.94. The molecule has 2 amide bonds. The lowest BCUT2D eigenvalue weighted by Crippen LogP contribution is -2.29. The molecule has 0 radical (unpaired) electrons. The Morgan fingerprint density at radius 2 is 1.53 bits per heavy atom. The molecule has 3 aromatic rings. The van der Waals surface area contributed by atoms with Crippen LogP contribution in [-0.2, 0) is 11.0 Å². The van der Waals surface area contributed by atoms with Gasteiger partial charge >= 0.3 is 6.18 Å². The van der Waals surface area contributed by atoms with E-state index in [1.165, 1.54) is 42.5 Å². The van der Waals surface area contributed by atoms with E-state index < -0.39 is 36.0 Å². The van der Waals surface area contributed by atoms with Crippen molar-refractivity contribution in [1.82, 2.24) is 5.32 Å².